The number of benzene rings is 1. The van der Waals surface area contributed by atoms with Gasteiger partial charge in [0.05, 0.1) is 13.3 Å². The Balaban J connectivity index is 2.48. The molecule has 1 unspecified atom stereocenters. The summed E-state index contributed by atoms with van der Waals surface area (Å²) in [6, 6.07) is 5.46. The molecule has 0 radical (unpaired) electrons. The van der Waals surface area contributed by atoms with Crippen LogP contribution in [0.15, 0.2) is 24.4 Å². The van der Waals surface area contributed by atoms with Gasteiger partial charge in [-0.15, -0.1) is 0 Å². The maximum Gasteiger partial charge on any atom is 0.163 e. The number of nitrogens with zero attached hydrogens (tertiary/aromatic N) is 2. The van der Waals surface area contributed by atoms with E-state index in [0.717, 1.165) is 22.1 Å². The third-order valence-corrected chi connectivity index (χ3v) is 4.23. The number of methoxy groups -OCH3 is 1. The van der Waals surface area contributed by atoms with Crippen LogP contribution in [0.3, 0.4) is 0 Å². The predicted octanol–water partition coefficient (Wildman–Crippen LogP) is 3.64. The van der Waals surface area contributed by atoms with Crippen molar-refractivity contribution < 1.29 is 9.84 Å². The number of rotatable bonds is 5. The fourth-order valence-corrected chi connectivity index (χ4v) is 2.88. The second kappa shape index (κ2) is 6.78. The van der Waals surface area contributed by atoms with E-state index in [1.807, 2.05) is 6.07 Å². The smallest absolute Gasteiger partial charge is 0.163 e. The molecule has 0 bridgehead atoms. The Morgan fingerprint density at radius 2 is 2.25 bits per heavy atom. The molecule has 1 N–H and O–H groups in total. The minimum absolute atomic E-state index is 0.585. The third kappa shape index (κ3) is 3.10. The lowest BCUT2D eigenvalue weighted by atomic mass is 10.1. The predicted molar refractivity (Wildman–Crippen MR) is 87.3 cm³/mol. The summed E-state index contributed by atoms with van der Waals surface area (Å²) in [6.45, 7) is 2.79. The normalized spacial score (nSPS) is 12.4. The van der Waals surface area contributed by atoms with Crippen LogP contribution in [0, 0.1) is 3.57 Å². The Hall–Kier alpha value is -0.790. The van der Waals surface area contributed by atoms with Crippen LogP contribution in [0.1, 0.15) is 30.7 Å². The van der Waals surface area contributed by atoms with Crippen molar-refractivity contribution in [2.75, 3.05) is 7.11 Å². The second-order valence-electron chi connectivity index (χ2n) is 4.39. The number of halogens is 2. The molecular weight excluding hydrogens is 391 g/mol. The third-order valence-electron chi connectivity index (χ3n) is 3.01. The monoisotopic (exact) mass is 406 g/mol. The van der Waals surface area contributed by atoms with E-state index >= 15 is 0 Å². The number of hydrogen-bond donors (Lipinski definition) is 1. The summed E-state index contributed by atoms with van der Waals surface area (Å²) in [4.78, 5) is 0. The molecule has 0 aliphatic rings. The molecule has 1 aromatic carbocycles. The molecule has 0 saturated heterocycles. The number of hydrogen-bond acceptors (Lipinski definition) is 3. The van der Waals surface area contributed by atoms with E-state index in [2.05, 4.69) is 34.6 Å². The van der Waals surface area contributed by atoms with Crippen LogP contribution in [0.2, 0.25) is 5.02 Å². The highest BCUT2D eigenvalue weighted by Crippen LogP contribution is 2.33. The molecule has 0 amide bonds. The van der Waals surface area contributed by atoms with Crippen molar-refractivity contribution in [1.29, 1.82) is 0 Å². The second-order valence-corrected chi connectivity index (χ2v) is 5.99. The molecular formula is C14H16ClIN2O2. The van der Waals surface area contributed by atoms with Crippen molar-refractivity contribution in [1.82, 2.24) is 9.78 Å². The zero-order valence-corrected chi connectivity index (χ0v) is 14.2. The molecule has 1 heterocycles. The molecule has 6 heteroatoms. The molecule has 2 aromatic rings. The van der Waals surface area contributed by atoms with Gasteiger partial charge in [-0.3, -0.25) is 4.68 Å². The summed E-state index contributed by atoms with van der Waals surface area (Å²) in [5, 5.41) is 15.6. The summed E-state index contributed by atoms with van der Waals surface area (Å²) in [6.07, 6.45) is 1.74. The molecule has 0 fully saturated rings. The number of aliphatic hydroxyl groups excluding tert-OH is 1. The van der Waals surface area contributed by atoms with Crippen molar-refractivity contribution in [2.24, 2.45) is 0 Å². The highest BCUT2D eigenvalue weighted by molar-refractivity contribution is 14.1. The van der Waals surface area contributed by atoms with Gasteiger partial charge in [-0.1, -0.05) is 18.5 Å². The zero-order chi connectivity index (χ0) is 14.7. The summed E-state index contributed by atoms with van der Waals surface area (Å²) in [5.74, 6) is 0.585. The molecule has 0 saturated carbocycles. The molecule has 0 spiro atoms. The summed E-state index contributed by atoms with van der Waals surface area (Å²) < 4.78 is 8.03. The SMILES string of the molecule is CCCn1ncc(OC)c1C(O)c1cc(Cl)ccc1I. The Morgan fingerprint density at radius 1 is 1.50 bits per heavy atom. The first-order valence-corrected chi connectivity index (χ1v) is 7.76. The van der Waals surface area contributed by atoms with Crippen molar-refractivity contribution in [3.63, 3.8) is 0 Å². The van der Waals surface area contributed by atoms with Crippen LogP contribution < -0.4 is 4.74 Å². The molecule has 0 aliphatic carbocycles. The van der Waals surface area contributed by atoms with E-state index in [0.29, 0.717) is 16.5 Å². The lowest BCUT2D eigenvalue weighted by Crippen LogP contribution is -2.12. The fraction of sp³-hybridized carbons (Fsp3) is 0.357. The minimum atomic E-state index is -0.815. The van der Waals surface area contributed by atoms with Gasteiger partial charge in [0.1, 0.15) is 11.8 Å². The first-order valence-electron chi connectivity index (χ1n) is 6.31. The average molecular weight is 407 g/mol. The van der Waals surface area contributed by atoms with E-state index in [-0.39, 0.29) is 0 Å². The lowest BCUT2D eigenvalue weighted by Gasteiger charge is -2.16. The highest BCUT2D eigenvalue weighted by Gasteiger charge is 2.23. The van der Waals surface area contributed by atoms with Crippen LogP contribution in [0.25, 0.3) is 0 Å². The maximum atomic E-state index is 10.7. The Morgan fingerprint density at radius 3 is 2.90 bits per heavy atom. The van der Waals surface area contributed by atoms with E-state index < -0.39 is 6.10 Å². The minimum Gasteiger partial charge on any atom is -0.493 e. The molecule has 4 nitrogen and oxygen atoms in total. The first kappa shape index (κ1) is 15.6. The van der Waals surface area contributed by atoms with Gasteiger partial charge in [-0.25, -0.2) is 0 Å². The quantitative estimate of drug-likeness (QED) is 0.771. The molecule has 1 aromatic heterocycles. The van der Waals surface area contributed by atoms with Gasteiger partial charge in [0.15, 0.2) is 5.75 Å². The van der Waals surface area contributed by atoms with Crippen LogP contribution in [0.4, 0.5) is 0 Å². The van der Waals surface area contributed by atoms with Crippen molar-refractivity contribution in [2.45, 2.75) is 26.0 Å². The van der Waals surface area contributed by atoms with Gasteiger partial charge < -0.3 is 9.84 Å². The summed E-state index contributed by atoms with van der Waals surface area (Å²) >= 11 is 8.21. The molecule has 2 rings (SSSR count). The van der Waals surface area contributed by atoms with Crippen LogP contribution in [-0.2, 0) is 6.54 Å². The Kier molecular flexibility index (Phi) is 5.29. The zero-order valence-electron chi connectivity index (χ0n) is 11.3. The topological polar surface area (TPSA) is 47.3 Å². The maximum absolute atomic E-state index is 10.7. The Bertz CT molecular complexity index is 601. The van der Waals surface area contributed by atoms with Crippen molar-refractivity contribution in [3.05, 3.63) is 44.2 Å². The molecule has 0 aliphatic heterocycles. The number of aliphatic hydroxyl groups is 1. The highest BCUT2D eigenvalue weighted by atomic mass is 127. The largest absolute Gasteiger partial charge is 0.493 e. The number of aromatic nitrogens is 2. The van der Waals surface area contributed by atoms with E-state index in [9.17, 15) is 5.11 Å². The standard InChI is InChI=1S/C14H16ClIN2O2/c1-3-6-18-13(12(20-2)8-17-18)14(19)10-7-9(15)4-5-11(10)16/h4-5,7-8,14,19H,3,6H2,1-2H3. The fourth-order valence-electron chi connectivity index (χ4n) is 2.07. The van der Waals surface area contributed by atoms with E-state index in [1.165, 1.54) is 0 Å². The first-order chi connectivity index (χ1) is 9.58. The average Bonchev–Trinajstić information content (AvgIpc) is 2.84. The van der Waals surface area contributed by atoms with Gasteiger partial charge in [-0.2, -0.15) is 5.10 Å². The van der Waals surface area contributed by atoms with Crippen LogP contribution in [-0.4, -0.2) is 22.0 Å². The molecule has 20 heavy (non-hydrogen) atoms. The lowest BCUT2D eigenvalue weighted by molar-refractivity contribution is 0.201. The van der Waals surface area contributed by atoms with Crippen molar-refractivity contribution >= 4 is 34.2 Å². The summed E-state index contributed by atoms with van der Waals surface area (Å²) in [7, 11) is 1.58. The molecule has 1 atom stereocenters. The van der Waals surface area contributed by atoms with Crippen LogP contribution in [0.5, 0.6) is 5.75 Å². The number of ether oxygens (including phenoxy) is 1. The van der Waals surface area contributed by atoms with Gasteiger partial charge in [0, 0.05) is 20.7 Å². The summed E-state index contributed by atoms with van der Waals surface area (Å²) in [5.41, 5.74) is 1.42. The Labute approximate surface area is 136 Å². The van der Waals surface area contributed by atoms with E-state index in [1.54, 1.807) is 30.1 Å². The van der Waals surface area contributed by atoms with Gasteiger partial charge in [0.2, 0.25) is 0 Å². The van der Waals surface area contributed by atoms with E-state index in [4.69, 9.17) is 16.3 Å². The van der Waals surface area contributed by atoms with Gasteiger partial charge in [0.25, 0.3) is 0 Å². The van der Waals surface area contributed by atoms with Crippen molar-refractivity contribution in [3.8, 4) is 5.75 Å². The van der Waals surface area contributed by atoms with Gasteiger partial charge >= 0.3 is 0 Å². The van der Waals surface area contributed by atoms with Gasteiger partial charge in [-0.05, 0) is 47.2 Å². The van der Waals surface area contributed by atoms with Crippen LogP contribution >= 0.6 is 34.2 Å². The number of aryl methyl sites for hydroxylation is 1. The molecule has 108 valence electrons.